The van der Waals surface area contributed by atoms with E-state index in [4.69, 9.17) is 0 Å². The fourth-order valence-electron chi connectivity index (χ4n) is 3.42. The van der Waals surface area contributed by atoms with E-state index in [0.29, 0.717) is 5.41 Å². The minimum atomic E-state index is 0.459. The lowest BCUT2D eigenvalue weighted by Crippen LogP contribution is -2.45. The Balaban J connectivity index is 2.48. The first-order chi connectivity index (χ1) is 8.63. The molecule has 2 heteroatoms. The summed E-state index contributed by atoms with van der Waals surface area (Å²) < 4.78 is 0. The lowest BCUT2D eigenvalue weighted by atomic mass is 9.83. The van der Waals surface area contributed by atoms with Gasteiger partial charge in [-0.1, -0.05) is 40.5 Å². The van der Waals surface area contributed by atoms with Gasteiger partial charge in [-0.05, 0) is 43.7 Å². The Hall–Kier alpha value is -0.0800. The van der Waals surface area contributed by atoms with Gasteiger partial charge in [-0.25, -0.2) is 0 Å². The minimum absolute atomic E-state index is 0.459. The van der Waals surface area contributed by atoms with Gasteiger partial charge in [-0.2, -0.15) is 0 Å². The van der Waals surface area contributed by atoms with Gasteiger partial charge in [-0.15, -0.1) is 0 Å². The normalized spacial score (nSPS) is 25.0. The zero-order valence-electron chi connectivity index (χ0n) is 13.1. The van der Waals surface area contributed by atoms with Gasteiger partial charge in [0.1, 0.15) is 0 Å². The molecule has 0 radical (unpaired) electrons. The first-order valence-electron chi connectivity index (χ1n) is 8.06. The van der Waals surface area contributed by atoms with Crippen molar-refractivity contribution in [3.05, 3.63) is 0 Å². The summed E-state index contributed by atoms with van der Waals surface area (Å²) >= 11 is 0. The maximum absolute atomic E-state index is 3.56. The van der Waals surface area contributed by atoms with Gasteiger partial charge < -0.3 is 10.2 Å². The summed E-state index contributed by atoms with van der Waals surface area (Å²) in [5, 5.41) is 3.56. The molecule has 1 heterocycles. The molecule has 0 spiro atoms. The van der Waals surface area contributed by atoms with Crippen LogP contribution in [0.15, 0.2) is 0 Å². The Morgan fingerprint density at radius 2 is 2.06 bits per heavy atom. The quantitative estimate of drug-likeness (QED) is 0.713. The van der Waals surface area contributed by atoms with Gasteiger partial charge in [0.25, 0.3) is 0 Å². The lowest BCUT2D eigenvalue weighted by molar-refractivity contribution is 0.103. The molecule has 1 aliphatic heterocycles. The van der Waals surface area contributed by atoms with E-state index >= 15 is 0 Å². The molecule has 1 fully saturated rings. The standard InChI is InChI=1S/C16H34N2/c1-5-10-16(4,13-17-7-3)14-18-11-8-9-15(6-2)12-18/h15,17H,5-14H2,1-4H3. The number of nitrogens with zero attached hydrogens (tertiary/aromatic N) is 1. The number of hydrogen-bond acceptors (Lipinski definition) is 2. The molecule has 0 aromatic carbocycles. The maximum atomic E-state index is 3.56. The summed E-state index contributed by atoms with van der Waals surface area (Å²) in [4.78, 5) is 2.73. The fraction of sp³-hybridized carbons (Fsp3) is 1.00. The van der Waals surface area contributed by atoms with Crippen molar-refractivity contribution >= 4 is 0 Å². The van der Waals surface area contributed by atoms with Gasteiger partial charge in [0.05, 0.1) is 0 Å². The Morgan fingerprint density at radius 3 is 2.67 bits per heavy atom. The summed E-state index contributed by atoms with van der Waals surface area (Å²) in [6.45, 7) is 15.5. The van der Waals surface area contributed by atoms with Gasteiger partial charge in [-0.3, -0.25) is 0 Å². The van der Waals surface area contributed by atoms with E-state index in [0.717, 1.165) is 12.5 Å². The molecule has 0 amide bonds. The van der Waals surface area contributed by atoms with Crippen molar-refractivity contribution in [2.75, 3.05) is 32.7 Å². The van der Waals surface area contributed by atoms with Gasteiger partial charge >= 0.3 is 0 Å². The van der Waals surface area contributed by atoms with Crippen molar-refractivity contribution in [2.24, 2.45) is 11.3 Å². The topological polar surface area (TPSA) is 15.3 Å². The first kappa shape index (κ1) is 16.0. The number of rotatable bonds is 8. The van der Waals surface area contributed by atoms with Crippen LogP contribution in [0.4, 0.5) is 0 Å². The maximum Gasteiger partial charge on any atom is 0.00476 e. The second-order valence-corrected chi connectivity index (χ2v) is 6.49. The molecule has 108 valence electrons. The molecule has 2 atom stereocenters. The van der Waals surface area contributed by atoms with Gasteiger partial charge in [0, 0.05) is 19.6 Å². The molecule has 0 saturated carbocycles. The highest BCUT2D eigenvalue weighted by Crippen LogP contribution is 2.27. The number of nitrogens with one attached hydrogen (secondary N) is 1. The molecule has 1 rings (SSSR count). The third-order valence-corrected chi connectivity index (χ3v) is 4.44. The Labute approximate surface area is 115 Å². The van der Waals surface area contributed by atoms with E-state index in [1.807, 2.05) is 0 Å². The highest BCUT2D eigenvalue weighted by molar-refractivity contribution is 4.83. The molecule has 1 N–H and O–H groups in total. The summed E-state index contributed by atoms with van der Waals surface area (Å²) in [5.74, 6) is 0.948. The third kappa shape index (κ3) is 5.27. The number of likely N-dealkylation sites (tertiary alicyclic amines) is 1. The van der Waals surface area contributed by atoms with Crippen LogP contribution in [-0.4, -0.2) is 37.6 Å². The SMILES string of the molecule is CCCC(C)(CNCC)CN1CCCC(CC)C1. The zero-order valence-corrected chi connectivity index (χ0v) is 13.1. The molecule has 1 saturated heterocycles. The molecule has 2 nitrogen and oxygen atoms in total. The van der Waals surface area contributed by atoms with Crippen molar-refractivity contribution in [2.45, 2.75) is 59.8 Å². The largest absolute Gasteiger partial charge is 0.316 e. The van der Waals surface area contributed by atoms with Crippen LogP contribution in [0.3, 0.4) is 0 Å². The summed E-state index contributed by atoms with van der Waals surface area (Å²) in [7, 11) is 0. The Bertz CT molecular complexity index is 217. The highest BCUT2D eigenvalue weighted by atomic mass is 15.1. The van der Waals surface area contributed by atoms with Crippen molar-refractivity contribution in [3.63, 3.8) is 0 Å². The zero-order chi connectivity index (χ0) is 13.4. The lowest BCUT2D eigenvalue weighted by Gasteiger charge is -2.39. The van der Waals surface area contributed by atoms with E-state index in [-0.39, 0.29) is 0 Å². The average molecular weight is 254 g/mol. The predicted octanol–water partition coefficient (Wildman–Crippen LogP) is 3.52. The smallest absolute Gasteiger partial charge is 0.00476 e. The van der Waals surface area contributed by atoms with Crippen molar-refractivity contribution in [1.82, 2.24) is 10.2 Å². The van der Waals surface area contributed by atoms with Crippen LogP contribution in [0.5, 0.6) is 0 Å². The summed E-state index contributed by atoms with van der Waals surface area (Å²) in [6.07, 6.45) is 6.85. The fourth-order valence-corrected chi connectivity index (χ4v) is 3.42. The van der Waals surface area contributed by atoms with E-state index in [2.05, 4.69) is 37.9 Å². The van der Waals surface area contributed by atoms with Crippen molar-refractivity contribution in [1.29, 1.82) is 0 Å². The molecule has 18 heavy (non-hydrogen) atoms. The second-order valence-electron chi connectivity index (χ2n) is 6.49. The minimum Gasteiger partial charge on any atom is -0.316 e. The summed E-state index contributed by atoms with van der Waals surface area (Å²) in [5.41, 5.74) is 0.459. The third-order valence-electron chi connectivity index (χ3n) is 4.44. The van der Waals surface area contributed by atoms with Crippen LogP contribution in [-0.2, 0) is 0 Å². The Morgan fingerprint density at radius 1 is 1.28 bits per heavy atom. The van der Waals surface area contributed by atoms with Gasteiger partial charge in [0.15, 0.2) is 0 Å². The van der Waals surface area contributed by atoms with Crippen LogP contribution < -0.4 is 5.32 Å². The molecule has 0 bridgehead atoms. The average Bonchev–Trinajstić information content (AvgIpc) is 2.37. The van der Waals surface area contributed by atoms with E-state index in [1.165, 1.54) is 58.3 Å². The molecule has 0 aromatic heterocycles. The van der Waals surface area contributed by atoms with Crippen LogP contribution >= 0.6 is 0 Å². The van der Waals surface area contributed by atoms with Crippen LogP contribution in [0.25, 0.3) is 0 Å². The first-order valence-corrected chi connectivity index (χ1v) is 8.06. The van der Waals surface area contributed by atoms with Crippen LogP contribution in [0.1, 0.15) is 59.8 Å². The van der Waals surface area contributed by atoms with Crippen molar-refractivity contribution < 1.29 is 0 Å². The van der Waals surface area contributed by atoms with Gasteiger partial charge in [0.2, 0.25) is 0 Å². The summed E-state index contributed by atoms with van der Waals surface area (Å²) in [6, 6.07) is 0. The van der Waals surface area contributed by atoms with E-state index < -0.39 is 0 Å². The molecule has 0 aromatic rings. The van der Waals surface area contributed by atoms with E-state index in [9.17, 15) is 0 Å². The van der Waals surface area contributed by atoms with E-state index in [1.54, 1.807) is 0 Å². The highest BCUT2D eigenvalue weighted by Gasteiger charge is 2.28. The second kappa shape index (κ2) is 8.16. The Kier molecular flexibility index (Phi) is 7.25. The van der Waals surface area contributed by atoms with Crippen LogP contribution in [0, 0.1) is 11.3 Å². The molecule has 1 aliphatic rings. The molecular weight excluding hydrogens is 220 g/mol. The van der Waals surface area contributed by atoms with Crippen molar-refractivity contribution in [3.8, 4) is 0 Å². The van der Waals surface area contributed by atoms with Crippen LogP contribution in [0.2, 0.25) is 0 Å². The predicted molar refractivity (Wildman–Crippen MR) is 81.0 cm³/mol. The molecule has 2 unspecified atom stereocenters. The number of piperidine rings is 1. The molecule has 0 aliphatic carbocycles. The number of hydrogen-bond donors (Lipinski definition) is 1. The molecular formula is C16H34N2. The monoisotopic (exact) mass is 254 g/mol.